The van der Waals surface area contributed by atoms with Gasteiger partial charge in [0.25, 0.3) is 5.91 Å². The molecular formula is C17H27N3O3. The van der Waals surface area contributed by atoms with Crippen LogP contribution < -0.4 is 5.32 Å². The number of aromatic nitrogens is 1. The fraction of sp³-hybridized carbons (Fsp3) is 0.647. The van der Waals surface area contributed by atoms with Gasteiger partial charge in [0.05, 0.1) is 25.4 Å². The second-order valence-corrected chi connectivity index (χ2v) is 6.29. The molecule has 0 aromatic carbocycles. The third-order valence-corrected chi connectivity index (χ3v) is 3.82. The van der Waals surface area contributed by atoms with Gasteiger partial charge in [0.15, 0.2) is 0 Å². The van der Waals surface area contributed by atoms with Crippen LogP contribution in [0.1, 0.15) is 28.2 Å². The molecule has 2 atom stereocenters. The number of carbonyl (C=O) groups is 1. The minimum Gasteiger partial charge on any atom is -0.379 e. The molecule has 0 unspecified atom stereocenters. The van der Waals surface area contributed by atoms with Gasteiger partial charge in [-0.1, -0.05) is 0 Å². The molecule has 1 aromatic rings. The lowest BCUT2D eigenvalue weighted by Gasteiger charge is -2.32. The Balaban J connectivity index is 1.96. The van der Waals surface area contributed by atoms with Gasteiger partial charge in [0.2, 0.25) is 0 Å². The molecule has 1 N–H and O–H groups in total. The van der Waals surface area contributed by atoms with Crippen LogP contribution in [-0.2, 0) is 9.47 Å². The van der Waals surface area contributed by atoms with Crippen molar-refractivity contribution in [1.29, 1.82) is 0 Å². The first kappa shape index (κ1) is 17.8. The Kier molecular flexibility index (Phi) is 6.50. The number of rotatable bonds is 6. The van der Waals surface area contributed by atoms with E-state index in [4.69, 9.17) is 9.47 Å². The molecule has 1 saturated heterocycles. The van der Waals surface area contributed by atoms with Crippen LogP contribution >= 0.6 is 0 Å². The zero-order chi connectivity index (χ0) is 16.8. The largest absolute Gasteiger partial charge is 0.379 e. The van der Waals surface area contributed by atoms with E-state index in [9.17, 15) is 4.79 Å². The number of nitrogens with one attached hydrogen (secondary N) is 1. The summed E-state index contributed by atoms with van der Waals surface area (Å²) in [4.78, 5) is 18.9. The molecule has 0 bridgehead atoms. The smallest absolute Gasteiger partial charge is 0.251 e. The Morgan fingerprint density at radius 3 is 2.74 bits per heavy atom. The lowest BCUT2D eigenvalue weighted by molar-refractivity contribution is -0.0561. The lowest BCUT2D eigenvalue weighted by atomic mass is 10.1. The van der Waals surface area contributed by atoms with Crippen molar-refractivity contribution in [2.45, 2.75) is 32.4 Å². The monoisotopic (exact) mass is 321 g/mol. The summed E-state index contributed by atoms with van der Waals surface area (Å²) in [6.45, 7) is 6.45. The number of aryl methyl sites for hydroxylation is 2. The summed E-state index contributed by atoms with van der Waals surface area (Å²) in [5.74, 6) is -0.102. The summed E-state index contributed by atoms with van der Waals surface area (Å²) in [5.41, 5.74) is 2.32. The maximum absolute atomic E-state index is 12.5. The van der Waals surface area contributed by atoms with Crippen molar-refractivity contribution in [3.8, 4) is 0 Å². The van der Waals surface area contributed by atoms with Crippen molar-refractivity contribution in [2.24, 2.45) is 0 Å². The average molecular weight is 321 g/mol. The van der Waals surface area contributed by atoms with Gasteiger partial charge >= 0.3 is 0 Å². The molecule has 6 heteroatoms. The normalized spacial score (nSPS) is 21.4. The van der Waals surface area contributed by atoms with Crippen LogP contribution in [0.3, 0.4) is 0 Å². The second-order valence-electron chi connectivity index (χ2n) is 6.29. The minimum atomic E-state index is -0.118. The average Bonchev–Trinajstić information content (AvgIpc) is 2.47. The number of hydrogen-bond donors (Lipinski definition) is 1. The number of likely N-dealkylation sites (N-methyl/N-ethyl adjacent to an activating group) is 1. The molecule has 1 aromatic heterocycles. The third-order valence-electron chi connectivity index (χ3n) is 3.82. The molecule has 1 amide bonds. The molecule has 1 fully saturated rings. The first-order valence-electron chi connectivity index (χ1n) is 8.06. The Hall–Kier alpha value is -1.50. The molecule has 0 spiro atoms. The van der Waals surface area contributed by atoms with E-state index in [-0.39, 0.29) is 18.1 Å². The van der Waals surface area contributed by atoms with E-state index in [0.29, 0.717) is 25.4 Å². The molecular weight excluding hydrogens is 294 g/mol. The number of hydrogen-bond acceptors (Lipinski definition) is 5. The Bertz CT molecular complexity index is 514. The van der Waals surface area contributed by atoms with Gasteiger partial charge in [0, 0.05) is 30.1 Å². The highest BCUT2D eigenvalue weighted by molar-refractivity contribution is 5.94. The molecule has 23 heavy (non-hydrogen) atoms. The second kappa shape index (κ2) is 8.38. The van der Waals surface area contributed by atoms with Crippen LogP contribution in [-0.4, -0.2) is 68.4 Å². The lowest BCUT2D eigenvalue weighted by Crippen LogP contribution is -2.51. The van der Waals surface area contributed by atoms with E-state index in [1.54, 1.807) is 12.1 Å². The van der Waals surface area contributed by atoms with Gasteiger partial charge in [-0.2, -0.15) is 0 Å². The summed E-state index contributed by atoms with van der Waals surface area (Å²) < 4.78 is 11.4. The number of ether oxygens (including phenoxy) is 2. The van der Waals surface area contributed by atoms with Crippen molar-refractivity contribution in [1.82, 2.24) is 15.2 Å². The molecule has 1 aliphatic heterocycles. The van der Waals surface area contributed by atoms with E-state index in [1.165, 1.54) is 0 Å². The van der Waals surface area contributed by atoms with E-state index in [0.717, 1.165) is 24.4 Å². The molecule has 0 radical (unpaired) electrons. The predicted molar refractivity (Wildman–Crippen MR) is 88.7 cm³/mol. The molecule has 0 aliphatic carbocycles. The fourth-order valence-electron chi connectivity index (χ4n) is 2.66. The van der Waals surface area contributed by atoms with Crippen LogP contribution in [0.2, 0.25) is 0 Å². The number of carbonyl (C=O) groups excluding carboxylic acids is 1. The van der Waals surface area contributed by atoms with Gasteiger partial charge in [-0.3, -0.25) is 9.78 Å². The van der Waals surface area contributed by atoms with Gasteiger partial charge < -0.3 is 19.7 Å². The highest BCUT2D eigenvalue weighted by Gasteiger charge is 2.28. The topological polar surface area (TPSA) is 63.7 Å². The summed E-state index contributed by atoms with van der Waals surface area (Å²) in [5, 5.41) is 3.05. The Morgan fingerprint density at radius 1 is 1.39 bits per heavy atom. The van der Waals surface area contributed by atoms with Gasteiger partial charge in [-0.15, -0.1) is 0 Å². The quantitative estimate of drug-likeness (QED) is 0.852. The molecule has 128 valence electrons. The van der Waals surface area contributed by atoms with Gasteiger partial charge in [0.1, 0.15) is 0 Å². The Morgan fingerprint density at radius 2 is 2.09 bits per heavy atom. The standard InChI is InChI=1S/C17H27N3O3/c1-12-9-14(10-13(2)18-12)17(21)19-15-11-22-7-5-16(15)23-8-6-20(3)4/h9-10,15-16H,5-8,11H2,1-4H3,(H,19,21)/t15-,16+/m1/s1. The SMILES string of the molecule is Cc1cc(C(=O)N[C@@H]2COCC[C@@H]2OCCN(C)C)cc(C)n1. The van der Waals surface area contributed by atoms with Gasteiger partial charge in [-0.25, -0.2) is 0 Å². The molecule has 2 heterocycles. The summed E-state index contributed by atoms with van der Waals surface area (Å²) in [6, 6.07) is 3.48. The molecule has 0 saturated carbocycles. The van der Waals surface area contributed by atoms with E-state index in [1.807, 2.05) is 27.9 Å². The van der Waals surface area contributed by atoms with Crippen LogP contribution in [0.5, 0.6) is 0 Å². The van der Waals surface area contributed by atoms with Crippen LogP contribution in [0.15, 0.2) is 12.1 Å². The summed E-state index contributed by atoms with van der Waals surface area (Å²) >= 11 is 0. The van der Waals surface area contributed by atoms with Gasteiger partial charge in [-0.05, 0) is 46.5 Å². The predicted octanol–water partition coefficient (Wildman–Crippen LogP) is 1.16. The molecule has 1 aliphatic rings. The minimum absolute atomic E-state index is 0.00307. The zero-order valence-corrected chi connectivity index (χ0v) is 14.5. The Labute approximate surface area is 138 Å². The summed E-state index contributed by atoms with van der Waals surface area (Å²) in [7, 11) is 4.03. The maximum atomic E-state index is 12.5. The molecule has 2 rings (SSSR count). The highest BCUT2D eigenvalue weighted by atomic mass is 16.5. The van der Waals surface area contributed by atoms with Crippen molar-refractivity contribution in [3.05, 3.63) is 29.1 Å². The van der Waals surface area contributed by atoms with E-state index >= 15 is 0 Å². The highest BCUT2D eigenvalue weighted by Crippen LogP contribution is 2.13. The van der Waals surface area contributed by atoms with Crippen molar-refractivity contribution in [2.75, 3.05) is 40.5 Å². The fourth-order valence-corrected chi connectivity index (χ4v) is 2.66. The number of amides is 1. The first-order chi connectivity index (χ1) is 11.0. The van der Waals surface area contributed by atoms with Crippen LogP contribution in [0.4, 0.5) is 0 Å². The number of pyridine rings is 1. The van der Waals surface area contributed by atoms with E-state index < -0.39 is 0 Å². The molecule has 6 nitrogen and oxygen atoms in total. The maximum Gasteiger partial charge on any atom is 0.251 e. The van der Waals surface area contributed by atoms with Crippen molar-refractivity contribution < 1.29 is 14.3 Å². The number of nitrogens with zero attached hydrogens (tertiary/aromatic N) is 2. The zero-order valence-electron chi connectivity index (χ0n) is 14.5. The first-order valence-corrected chi connectivity index (χ1v) is 8.06. The van der Waals surface area contributed by atoms with Crippen LogP contribution in [0, 0.1) is 13.8 Å². The van der Waals surface area contributed by atoms with Crippen molar-refractivity contribution >= 4 is 5.91 Å². The summed E-state index contributed by atoms with van der Waals surface area (Å²) in [6.07, 6.45) is 0.795. The third kappa shape index (κ3) is 5.57. The van der Waals surface area contributed by atoms with Crippen LogP contribution in [0.25, 0.3) is 0 Å². The van der Waals surface area contributed by atoms with E-state index in [2.05, 4.69) is 15.2 Å². The van der Waals surface area contributed by atoms with Crippen molar-refractivity contribution in [3.63, 3.8) is 0 Å².